The van der Waals surface area contributed by atoms with Gasteiger partial charge in [-0.05, 0) is 17.2 Å². The number of ether oxygens (including phenoxy) is 2. The molecule has 0 saturated carbocycles. The molecule has 72 valence electrons. The Labute approximate surface area is 83.5 Å². The maximum atomic E-state index is 5.13. The van der Waals surface area contributed by atoms with Crippen LogP contribution in [0.25, 0.3) is 0 Å². The lowest BCUT2D eigenvalue weighted by Crippen LogP contribution is -1.88. The Morgan fingerprint density at radius 3 is 2.79 bits per heavy atom. The maximum absolute atomic E-state index is 5.13. The van der Waals surface area contributed by atoms with Gasteiger partial charge in [0.05, 0.1) is 12.5 Å². The van der Waals surface area contributed by atoms with E-state index in [1.807, 2.05) is 24.3 Å². The molecule has 1 heterocycles. The summed E-state index contributed by atoms with van der Waals surface area (Å²) in [4.78, 5) is 0. The van der Waals surface area contributed by atoms with Crippen LogP contribution < -0.4 is 0 Å². The third-order valence-electron chi connectivity index (χ3n) is 2.00. The summed E-state index contributed by atoms with van der Waals surface area (Å²) in [6.07, 6.45) is 6.22. The van der Waals surface area contributed by atoms with Crippen molar-refractivity contribution in [3.8, 4) is 0 Å². The van der Waals surface area contributed by atoms with Crippen molar-refractivity contribution >= 4 is 0 Å². The average molecular weight is 188 g/mol. The summed E-state index contributed by atoms with van der Waals surface area (Å²) < 4.78 is 10.1. The molecule has 0 fully saturated rings. The van der Waals surface area contributed by atoms with E-state index in [4.69, 9.17) is 9.47 Å². The summed E-state index contributed by atoms with van der Waals surface area (Å²) in [7, 11) is 0. The summed E-state index contributed by atoms with van der Waals surface area (Å²) in [6.45, 7) is 0.300. The monoisotopic (exact) mass is 188 g/mol. The van der Waals surface area contributed by atoms with Crippen molar-refractivity contribution < 1.29 is 9.47 Å². The lowest BCUT2D eigenvalue weighted by atomic mass is 10.1. The van der Waals surface area contributed by atoms with Gasteiger partial charge in [-0.2, -0.15) is 0 Å². The van der Waals surface area contributed by atoms with E-state index in [1.54, 1.807) is 12.5 Å². The highest BCUT2D eigenvalue weighted by Crippen LogP contribution is 2.11. The zero-order valence-electron chi connectivity index (χ0n) is 7.85. The predicted molar refractivity (Wildman–Crippen MR) is 54.4 cm³/mol. The molecule has 0 spiro atoms. The van der Waals surface area contributed by atoms with Crippen LogP contribution in [0.5, 0.6) is 0 Å². The van der Waals surface area contributed by atoms with Gasteiger partial charge in [0.1, 0.15) is 0 Å². The maximum Gasteiger partial charge on any atom is 0.229 e. The number of hydrogen-bond donors (Lipinski definition) is 0. The van der Waals surface area contributed by atoms with Crippen molar-refractivity contribution in [1.29, 1.82) is 0 Å². The van der Waals surface area contributed by atoms with Gasteiger partial charge in [-0.25, -0.2) is 0 Å². The molecule has 0 aliphatic carbocycles. The van der Waals surface area contributed by atoms with E-state index < -0.39 is 0 Å². The van der Waals surface area contributed by atoms with E-state index in [0.29, 0.717) is 6.79 Å². The zero-order valence-corrected chi connectivity index (χ0v) is 7.85. The number of hydrogen-bond acceptors (Lipinski definition) is 2. The van der Waals surface area contributed by atoms with Crippen LogP contribution in [-0.2, 0) is 15.9 Å². The van der Waals surface area contributed by atoms with Crippen LogP contribution in [0.15, 0.2) is 54.5 Å². The van der Waals surface area contributed by atoms with Crippen LogP contribution in [-0.4, -0.2) is 6.79 Å². The fraction of sp³-hybridized carbons (Fsp3) is 0.167. The lowest BCUT2D eigenvalue weighted by Gasteiger charge is -2.00. The SMILES string of the molecule is C1=CC(Cc2ccccc2)=COCO1. The second-order valence-corrected chi connectivity index (χ2v) is 3.11. The molecule has 2 heteroatoms. The minimum Gasteiger partial charge on any atom is -0.465 e. The van der Waals surface area contributed by atoms with Gasteiger partial charge in [-0.3, -0.25) is 0 Å². The lowest BCUT2D eigenvalue weighted by molar-refractivity contribution is 0.0478. The molecule has 1 aliphatic rings. The highest BCUT2D eigenvalue weighted by Gasteiger charge is 1.99. The average Bonchev–Trinajstić information content (AvgIpc) is 2.48. The van der Waals surface area contributed by atoms with Crippen LogP contribution in [0, 0.1) is 0 Å². The quantitative estimate of drug-likeness (QED) is 0.710. The largest absolute Gasteiger partial charge is 0.465 e. The first-order valence-electron chi connectivity index (χ1n) is 4.58. The van der Waals surface area contributed by atoms with E-state index in [2.05, 4.69) is 12.1 Å². The highest BCUT2D eigenvalue weighted by atomic mass is 16.7. The van der Waals surface area contributed by atoms with E-state index in [1.165, 1.54) is 5.56 Å². The molecule has 1 aromatic carbocycles. The molecular formula is C12H12O2. The fourth-order valence-electron chi connectivity index (χ4n) is 1.33. The van der Waals surface area contributed by atoms with Crippen LogP contribution in [0.2, 0.25) is 0 Å². The van der Waals surface area contributed by atoms with Crippen LogP contribution in [0.3, 0.4) is 0 Å². The summed E-state index contributed by atoms with van der Waals surface area (Å²) in [5, 5.41) is 0. The molecule has 0 radical (unpaired) electrons. The Hall–Kier alpha value is -1.70. The van der Waals surface area contributed by atoms with E-state index in [9.17, 15) is 0 Å². The van der Waals surface area contributed by atoms with Crippen molar-refractivity contribution in [2.75, 3.05) is 6.79 Å². The number of rotatable bonds is 2. The molecule has 0 aromatic heterocycles. The molecule has 0 saturated heterocycles. The van der Waals surface area contributed by atoms with E-state index in [-0.39, 0.29) is 0 Å². The minimum atomic E-state index is 0.300. The van der Waals surface area contributed by atoms with Gasteiger partial charge in [0, 0.05) is 6.42 Å². The summed E-state index contributed by atoms with van der Waals surface area (Å²) >= 11 is 0. The van der Waals surface area contributed by atoms with Gasteiger partial charge >= 0.3 is 0 Å². The van der Waals surface area contributed by atoms with Crippen LogP contribution in [0.1, 0.15) is 5.56 Å². The molecule has 0 amide bonds. The molecule has 1 aromatic rings. The van der Waals surface area contributed by atoms with Gasteiger partial charge in [-0.15, -0.1) is 0 Å². The first-order valence-corrected chi connectivity index (χ1v) is 4.58. The molecule has 2 nitrogen and oxygen atoms in total. The third-order valence-corrected chi connectivity index (χ3v) is 2.00. The number of allylic oxidation sites excluding steroid dienone is 2. The van der Waals surface area contributed by atoms with Crippen molar-refractivity contribution in [3.63, 3.8) is 0 Å². The molecular weight excluding hydrogens is 176 g/mol. The minimum absolute atomic E-state index is 0.300. The molecule has 2 rings (SSSR count). The topological polar surface area (TPSA) is 18.5 Å². The Balaban J connectivity index is 2.06. The van der Waals surface area contributed by atoms with Gasteiger partial charge in [0.15, 0.2) is 0 Å². The Morgan fingerprint density at radius 2 is 1.93 bits per heavy atom. The Bertz CT molecular complexity index is 339. The summed E-state index contributed by atoms with van der Waals surface area (Å²) in [5.74, 6) is 0. The molecule has 0 N–H and O–H groups in total. The van der Waals surface area contributed by atoms with Crippen molar-refractivity contribution in [1.82, 2.24) is 0 Å². The standard InChI is InChI=1S/C12H12O2/c1-2-4-11(5-3-1)8-12-6-7-13-10-14-9-12/h1-7,9H,8,10H2. The molecule has 0 atom stereocenters. The molecule has 0 bridgehead atoms. The summed E-state index contributed by atoms with van der Waals surface area (Å²) in [5.41, 5.74) is 2.39. The highest BCUT2D eigenvalue weighted by molar-refractivity contribution is 5.26. The number of benzene rings is 1. The first-order chi connectivity index (χ1) is 6.95. The van der Waals surface area contributed by atoms with Crippen LogP contribution in [0.4, 0.5) is 0 Å². The van der Waals surface area contributed by atoms with Gasteiger partial charge in [0.25, 0.3) is 0 Å². The Kier molecular flexibility index (Phi) is 2.86. The first kappa shape index (κ1) is 8.88. The fourth-order valence-corrected chi connectivity index (χ4v) is 1.33. The molecule has 0 unspecified atom stereocenters. The smallest absolute Gasteiger partial charge is 0.229 e. The normalized spacial score (nSPS) is 15.0. The van der Waals surface area contributed by atoms with Crippen molar-refractivity contribution in [3.05, 3.63) is 60.1 Å². The van der Waals surface area contributed by atoms with E-state index >= 15 is 0 Å². The second-order valence-electron chi connectivity index (χ2n) is 3.11. The molecule has 1 aliphatic heterocycles. The third kappa shape index (κ3) is 2.39. The second kappa shape index (κ2) is 4.51. The van der Waals surface area contributed by atoms with Crippen LogP contribution >= 0.6 is 0 Å². The van der Waals surface area contributed by atoms with E-state index in [0.717, 1.165) is 12.0 Å². The Morgan fingerprint density at radius 1 is 1.07 bits per heavy atom. The predicted octanol–water partition coefficient (Wildman–Crippen LogP) is 2.63. The van der Waals surface area contributed by atoms with Gasteiger partial charge < -0.3 is 9.47 Å². The van der Waals surface area contributed by atoms with Crippen molar-refractivity contribution in [2.45, 2.75) is 6.42 Å². The summed E-state index contributed by atoms with van der Waals surface area (Å²) in [6, 6.07) is 10.3. The van der Waals surface area contributed by atoms with Crippen molar-refractivity contribution in [2.24, 2.45) is 0 Å². The molecule has 14 heavy (non-hydrogen) atoms. The van der Waals surface area contributed by atoms with Gasteiger partial charge in [0.2, 0.25) is 6.79 Å². The zero-order chi connectivity index (χ0) is 9.64. The van der Waals surface area contributed by atoms with Gasteiger partial charge in [-0.1, -0.05) is 30.3 Å².